The summed E-state index contributed by atoms with van der Waals surface area (Å²) in [6.45, 7) is 7.70. The van der Waals surface area contributed by atoms with Gasteiger partial charge in [-0.05, 0) is 75.8 Å². The lowest BCUT2D eigenvalue weighted by Crippen LogP contribution is -2.28. The Labute approximate surface area is 194 Å². The Morgan fingerprint density at radius 1 is 1.09 bits per heavy atom. The molecule has 0 radical (unpaired) electrons. The van der Waals surface area contributed by atoms with E-state index in [0.717, 1.165) is 85.7 Å². The number of aryl methyl sites for hydroxylation is 2. The van der Waals surface area contributed by atoms with Crippen LogP contribution in [-0.4, -0.2) is 49.9 Å². The second-order valence-electron chi connectivity index (χ2n) is 9.44. The van der Waals surface area contributed by atoms with Crippen molar-refractivity contribution in [2.75, 3.05) is 19.6 Å². The normalized spacial score (nSPS) is 19.1. The van der Waals surface area contributed by atoms with E-state index in [4.69, 9.17) is 10.1 Å². The number of hydrogen-bond acceptors (Lipinski definition) is 4. The number of likely N-dealkylation sites (tertiary alicyclic amines) is 2. The third kappa shape index (κ3) is 4.51. The Hall–Kier alpha value is -2.80. The molecule has 2 aliphatic heterocycles. The van der Waals surface area contributed by atoms with E-state index in [1.807, 2.05) is 28.5 Å². The summed E-state index contributed by atoms with van der Waals surface area (Å²) in [4.78, 5) is 21.8. The number of nitrogens with zero attached hydrogens (tertiary/aromatic N) is 5. The Bertz CT molecular complexity index is 1150. The molecule has 0 N–H and O–H groups in total. The van der Waals surface area contributed by atoms with Crippen molar-refractivity contribution in [2.45, 2.75) is 65.0 Å². The van der Waals surface area contributed by atoms with Crippen LogP contribution in [0.25, 0.3) is 5.65 Å². The standard InChI is InChI=1S/C26H32FN5O/c1-18-22(11-12-26(33)30-13-3-4-14-30)19(2)32-25(28-18)16-23(29-32)24-6-5-15-31(24)17-20-7-9-21(27)10-8-20/h7-10,16,24H,3-6,11-15,17H2,1-2H3/t24-/m1/s1. The molecule has 174 valence electrons. The van der Waals surface area contributed by atoms with Crippen LogP contribution in [0.3, 0.4) is 0 Å². The zero-order chi connectivity index (χ0) is 22.9. The minimum atomic E-state index is -0.202. The minimum absolute atomic E-state index is 0.202. The molecule has 1 amide bonds. The van der Waals surface area contributed by atoms with E-state index in [1.165, 1.54) is 12.1 Å². The number of aromatic nitrogens is 3. The van der Waals surface area contributed by atoms with Crippen molar-refractivity contribution in [3.05, 3.63) is 64.4 Å². The van der Waals surface area contributed by atoms with Crippen molar-refractivity contribution in [3.8, 4) is 0 Å². The summed E-state index contributed by atoms with van der Waals surface area (Å²) in [6, 6.07) is 9.11. The lowest BCUT2D eigenvalue weighted by molar-refractivity contribution is -0.130. The number of hydrogen-bond donors (Lipinski definition) is 0. The first kappa shape index (κ1) is 22.0. The molecule has 2 fully saturated rings. The Morgan fingerprint density at radius 3 is 2.61 bits per heavy atom. The van der Waals surface area contributed by atoms with Crippen LogP contribution < -0.4 is 0 Å². The fourth-order valence-electron chi connectivity index (χ4n) is 5.40. The molecule has 7 heteroatoms. The molecular weight excluding hydrogens is 417 g/mol. The highest BCUT2D eigenvalue weighted by Crippen LogP contribution is 2.33. The minimum Gasteiger partial charge on any atom is -0.343 e. The van der Waals surface area contributed by atoms with Crippen LogP contribution in [0.5, 0.6) is 0 Å². The predicted molar refractivity (Wildman–Crippen MR) is 125 cm³/mol. The average molecular weight is 450 g/mol. The third-order valence-electron chi connectivity index (χ3n) is 7.23. The van der Waals surface area contributed by atoms with Crippen molar-refractivity contribution >= 4 is 11.6 Å². The monoisotopic (exact) mass is 449 g/mol. The van der Waals surface area contributed by atoms with Gasteiger partial charge in [0.1, 0.15) is 5.82 Å². The second-order valence-corrected chi connectivity index (χ2v) is 9.44. The maximum Gasteiger partial charge on any atom is 0.222 e. The number of carbonyl (C=O) groups excluding carboxylic acids is 1. The lowest BCUT2D eigenvalue weighted by Gasteiger charge is -2.23. The molecule has 3 aromatic rings. The topological polar surface area (TPSA) is 53.7 Å². The summed E-state index contributed by atoms with van der Waals surface area (Å²) in [7, 11) is 0. The quantitative estimate of drug-likeness (QED) is 0.561. The summed E-state index contributed by atoms with van der Waals surface area (Å²) in [5.74, 6) is 0.0434. The molecule has 2 aromatic heterocycles. The summed E-state index contributed by atoms with van der Waals surface area (Å²) in [5, 5.41) is 4.96. The Kier molecular flexibility index (Phi) is 6.15. The molecule has 1 atom stereocenters. The van der Waals surface area contributed by atoms with Gasteiger partial charge in [-0.15, -0.1) is 0 Å². The van der Waals surface area contributed by atoms with Crippen LogP contribution in [0, 0.1) is 19.7 Å². The van der Waals surface area contributed by atoms with Crippen molar-refractivity contribution in [1.29, 1.82) is 0 Å². The van der Waals surface area contributed by atoms with Gasteiger partial charge in [0, 0.05) is 43.5 Å². The lowest BCUT2D eigenvalue weighted by atomic mass is 10.1. The SMILES string of the molecule is Cc1nc2cc([C@H]3CCCN3Cc3ccc(F)cc3)nn2c(C)c1CCC(=O)N1CCCC1. The molecule has 4 heterocycles. The van der Waals surface area contributed by atoms with Gasteiger partial charge in [-0.25, -0.2) is 13.9 Å². The van der Waals surface area contributed by atoms with E-state index in [0.29, 0.717) is 12.8 Å². The van der Waals surface area contributed by atoms with Gasteiger partial charge in [0.25, 0.3) is 0 Å². The molecule has 0 aliphatic carbocycles. The van der Waals surface area contributed by atoms with Crippen molar-refractivity contribution in [3.63, 3.8) is 0 Å². The molecule has 2 saturated heterocycles. The molecule has 0 bridgehead atoms. The number of amides is 1. The molecular formula is C26H32FN5O. The van der Waals surface area contributed by atoms with E-state index in [-0.39, 0.29) is 17.8 Å². The van der Waals surface area contributed by atoms with Crippen LogP contribution in [0.4, 0.5) is 4.39 Å². The highest BCUT2D eigenvalue weighted by atomic mass is 19.1. The number of fused-ring (bicyclic) bond motifs is 1. The largest absolute Gasteiger partial charge is 0.343 e. The fraction of sp³-hybridized carbons (Fsp3) is 0.500. The first-order valence-electron chi connectivity index (χ1n) is 12.1. The molecule has 33 heavy (non-hydrogen) atoms. The summed E-state index contributed by atoms with van der Waals surface area (Å²) < 4.78 is 15.2. The number of halogens is 1. The predicted octanol–water partition coefficient (Wildman–Crippen LogP) is 4.38. The number of carbonyl (C=O) groups is 1. The maximum atomic E-state index is 13.3. The highest BCUT2D eigenvalue weighted by molar-refractivity contribution is 5.76. The van der Waals surface area contributed by atoms with Crippen molar-refractivity contribution in [2.24, 2.45) is 0 Å². The first-order valence-corrected chi connectivity index (χ1v) is 12.1. The van der Waals surface area contributed by atoms with Gasteiger partial charge in [-0.2, -0.15) is 5.10 Å². The van der Waals surface area contributed by atoms with Crippen molar-refractivity contribution < 1.29 is 9.18 Å². The number of benzene rings is 1. The zero-order valence-corrected chi connectivity index (χ0v) is 19.6. The molecule has 5 rings (SSSR count). The van der Waals surface area contributed by atoms with Crippen LogP contribution in [0.1, 0.15) is 66.4 Å². The molecule has 2 aliphatic rings. The number of rotatable bonds is 6. The average Bonchev–Trinajstić information content (AvgIpc) is 3.55. The summed E-state index contributed by atoms with van der Waals surface area (Å²) in [5.41, 5.74) is 6.19. The van der Waals surface area contributed by atoms with E-state index < -0.39 is 0 Å². The van der Waals surface area contributed by atoms with Crippen molar-refractivity contribution in [1.82, 2.24) is 24.4 Å². The maximum absolute atomic E-state index is 13.3. The first-order chi connectivity index (χ1) is 16.0. The van der Waals surface area contributed by atoms with E-state index in [1.54, 1.807) is 0 Å². The Morgan fingerprint density at radius 2 is 1.85 bits per heavy atom. The molecule has 0 unspecified atom stereocenters. The van der Waals surface area contributed by atoms with Crippen LogP contribution in [0.15, 0.2) is 30.3 Å². The van der Waals surface area contributed by atoms with Crippen LogP contribution in [-0.2, 0) is 17.8 Å². The van der Waals surface area contributed by atoms with Crippen LogP contribution in [0.2, 0.25) is 0 Å². The second kappa shape index (κ2) is 9.21. The third-order valence-corrected chi connectivity index (χ3v) is 7.23. The van der Waals surface area contributed by atoms with Gasteiger partial charge in [-0.1, -0.05) is 12.1 Å². The highest BCUT2D eigenvalue weighted by Gasteiger charge is 2.29. The van der Waals surface area contributed by atoms with Gasteiger partial charge in [0.15, 0.2) is 5.65 Å². The molecule has 0 spiro atoms. The van der Waals surface area contributed by atoms with Crippen LogP contribution >= 0.6 is 0 Å². The smallest absolute Gasteiger partial charge is 0.222 e. The fourth-order valence-corrected chi connectivity index (χ4v) is 5.40. The van der Waals surface area contributed by atoms with Gasteiger partial charge < -0.3 is 4.90 Å². The molecule has 0 saturated carbocycles. The molecule has 6 nitrogen and oxygen atoms in total. The van der Waals surface area contributed by atoms with Gasteiger partial charge >= 0.3 is 0 Å². The molecule has 1 aromatic carbocycles. The Balaban J connectivity index is 1.35. The van der Waals surface area contributed by atoms with E-state index >= 15 is 0 Å². The van der Waals surface area contributed by atoms with Gasteiger partial charge in [0.05, 0.1) is 11.7 Å². The zero-order valence-electron chi connectivity index (χ0n) is 19.6. The van der Waals surface area contributed by atoms with Gasteiger partial charge in [-0.3, -0.25) is 9.69 Å². The summed E-state index contributed by atoms with van der Waals surface area (Å²) >= 11 is 0. The van der Waals surface area contributed by atoms with E-state index in [9.17, 15) is 9.18 Å². The van der Waals surface area contributed by atoms with Gasteiger partial charge in [0.2, 0.25) is 5.91 Å². The van der Waals surface area contributed by atoms with E-state index in [2.05, 4.69) is 17.9 Å². The summed E-state index contributed by atoms with van der Waals surface area (Å²) in [6.07, 6.45) is 5.64.